The molecule has 3 atom stereocenters. The Morgan fingerprint density at radius 2 is 1.85 bits per heavy atom. The molecule has 1 N–H and O–H groups in total. The Labute approximate surface area is 229 Å². The zero-order valence-corrected chi connectivity index (χ0v) is 23.1. The van der Waals surface area contributed by atoms with Gasteiger partial charge in [-0.05, 0) is 81.3 Å². The molecule has 0 unspecified atom stereocenters. The van der Waals surface area contributed by atoms with Gasteiger partial charge in [-0.25, -0.2) is 9.97 Å². The maximum Gasteiger partial charge on any atom is 0.251 e. The second-order valence-electron chi connectivity index (χ2n) is 10.2. The van der Waals surface area contributed by atoms with Crippen LogP contribution >= 0.6 is 0 Å². The third kappa shape index (κ3) is 6.08. The maximum absolute atomic E-state index is 12.9. The fraction of sp³-hybridized carbons (Fsp3) is 0.355. The van der Waals surface area contributed by atoms with E-state index in [1.807, 2.05) is 68.4 Å². The fourth-order valence-corrected chi connectivity index (χ4v) is 5.02. The first-order valence-corrected chi connectivity index (χ1v) is 13.4. The predicted octanol–water partition coefficient (Wildman–Crippen LogP) is 5.25. The first-order valence-electron chi connectivity index (χ1n) is 13.4. The molecule has 5 rings (SSSR count). The summed E-state index contributed by atoms with van der Waals surface area (Å²) in [4.78, 5) is 29.5. The minimum atomic E-state index is -0.157. The highest BCUT2D eigenvalue weighted by Crippen LogP contribution is 2.25. The Hall–Kier alpha value is -3.88. The molecule has 1 amide bonds. The molecule has 0 radical (unpaired) electrons. The van der Waals surface area contributed by atoms with Gasteiger partial charge in [0, 0.05) is 37.3 Å². The number of hydrogen-bond donors (Lipinski definition) is 1. The number of fused-ring (bicyclic) bond motifs is 1. The number of pyridine rings is 3. The molecule has 0 bridgehead atoms. The minimum Gasteiger partial charge on any atom is -0.377 e. The number of nitrogens with zero attached hydrogens (tertiary/aromatic N) is 4. The summed E-state index contributed by atoms with van der Waals surface area (Å²) in [6.45, 7) is 10.1. The van der Waals surface area contributed by atoms with E-state index >= 15 is 0 Å². The summed E-state index contributed by atoms with van der Waals surface area (Å²) < 4.78 is 11.3. The molecule has 39 heavy (non-hydrogen) atoms. The summed E-state index contributed by atoms with van der Waals surface area (Å²) in [5.41, 5.74) is 5.83. The summed E-state index contributed by atoms with van der Waals surface area (Å²) in [5, 5.41) is 3.91. The van der Waals surface area contributed by atoms with Crippen LogP contribution in [-0.2, 0) is 16.0 Å². The molecule has 0 spiro atoms. The van der Waals surface area contributed by atoms with E-state index in [-0.39, 0.29) is 24.2 Å². The Bertz CT molecular complexity index is 1480. The number of rotatable bonds is 7. The van der Waals surface area contributed by atoms with Crippen molar-refractivity contribution in [3.8, 4) is 11.4 Å². The van der Waals surface area contributed by atoms with Crippen molar-refractivity contribution >= 4 is 22.6 Å². The number of anilines is 1. The molecule has 0 aliphatic carbocycles. The normalized spacial score (nSPS) is 18.2. The van der Waals surface area contributed by atoms with Crippen molar-refractivity contribution in [3.63, 3.8) is 0 Å². The lowest BCUT2D eigenvalue weighted by atomic mass is 10.0. The molecule has 8 nitrogen and oxygen atoms in total. The van der Waals surface area contributed by atoms with Gasteiger partial charge in [0.25, 0.3) is 5.91 Å². The van der Waals surface area contributed by atoms with Gasteiger partial charge >= 0.3 is 0 Å². The molecule has 8 heteroatoms. The van der Waals surface area contributed by atoms with Crippen LogP contribution in [0.4, 0.5) is 5.82 Å². The van der Waals surface area contributed by atoms with Crippen LogP contribution in [0.25, 0.3) is 22.3 Å². The molecule has 1 fully saturated rings. The Morgan fingerprint density at radius 1 is 1.08 bits per heavy atom. The zero-order valence-electron chi connectivity index (χ0n) is 23.1. The van der Waals surface area contributed by atoms with E-state index in [1.54, 1.807) is 13.3 Å². The highest BCUT2D eigenvalue weighted by Gasteiger charge is 2.23. The topological polar surface area (TPSA) is 89.5 Å². The van der Waals surface area contributed by atoms with Crippen molar-refractivity contribution in [2.24, 2.45) is 0 Å². The van der Waals surface area contributed by atoms with Crippen molar-refractivity contribution in [2.75, 3.05) is 25.1 Å². The molecule has 1 aromatic carbocycles. The molecule has 3 aromatic heterocycles. The first-order chi connectivity index (χ1) is 18.8. The van der Waals surface area contributed by atoms with Crippen LogP contribution in [0.1, 0.15) is 54.1 Å². The highest BCUT2D eigenvalue weighted by atomic mass is 16.5. The summed E-state index contributed by atoms with van der Waals surface area (Å²) in [6.07, 6.45) is 2.02. The lowest BCUT2D eigenvalue weighted by Gasteiger charge is -2.36. The standard InChI is InChI=1S/C31H35N5O3/c1-19-9-10-23(13-26(19)22(4)38-5)31(37)33-16-25-14-29-24(15-32-25)11-12-28(34-29)27-7-6-8-30(35-27)36-17-20(2)39-21(3)18-36/h6-15,20-22H,16-18H2,1-5H3,(H,33,37)/t20-,21+,22-/m1/s1. The Morgan fingerprint density at radius 3 is 2.62 bits per heavy atom. The number of aromatic nitrogens is 3. The van der Waals surface area contributed by atoms with Crippen molar-refractivity contribution in [1.82, 2.24) is 20.3 Å². The van der Waals surface area contributed by atoms with Crippen LogP contribution < -0.4 is 10.2 Å². The van der Waals surface area contributed by atoms with Gasteiger partial charge in [0.15, 0.2) is 0 Å². The van der Waals surface area contributed by atoms with E-state index < -0.39 is 0 Å². The van der Waals surface area contributed by atoms with E-state index in [0.717, 1.165) is 58.0 Å². The number of methoxy groups -OCH3 is 1. The van der Waals surface area contributed by atoms with Gasteiger partial charge in [0.1, 0.15) is 5.82 Å². The van der Waals surface area contributed by atoms with E-state index in [4.69, 9.17) is 19.4 Å². The number of nitrogens with one attached hydrogen (secondary N) is 1. The number of amides is 1. The number of hydrogen-bond acceptors (Lipinski definition) is 7. The van der Waals surface area contributed by atoms with Crippen LogP contribution in [0.15, 0.2) is 60.8 Å². The van der Waals surface area contributed by atoms with E-state index in [2.05, 4.69) is 29.0 Å². The number of carbonyl (C=O) groups is 1. The van der Waals surface area contributed by atoms with Crippen LogP contribution in [0.3, 0.4) is 0 Å². The molecule has 4 heterocycles. The van der Waals surface area contributed by atoms with Gasteiger partial charge in [0.05, 0.1) is 47.5 Å². The third-order valence-corrected chi connectivity index (χ3v) is 7.13. The summed E-state index contributed by atoms with van der Waals surface area (Å²) in [5.74, 6) is 0.768. The average Bonchev–Trinajstić information content (AvgIpc) is 2.95. The van der Waals surface area contributed by atoms with Gasteiger partial charge in [-0.3, -0.25) is 9.78 Å². The second kappa shape index (κ2) is 11.5. The molecule has 202 valence electrons. The van der Waals surface area contributed by atoms with Crippen molar-refractivity contribution in [1.29, 1.82) is 0 Å². The van der Waals surface area contributed by atoms with Gasteiger partial charge in [-0.1, -0.05) is 12.1 Å². The van der Waals surface area contributed by atoms with E-state index in [0.29, 0.717) is 12.1 Å². The van der Waals surface area contributed by atoms with Crippen LogP contribution in [0, 0.1) is 6.92 Å². The van der Waals surface area contributed by atoms with E-state index in [1.165, 1.54) is 0 Å². The quantitative estimate of drug-likeness (QED) is 0.352. The molecule has 1 aliphatic rings. The van der Waals surface area contributed by atoms with Crippen LogP contribution in [0.2, 0.25) is 0 Å². The van der Waals surface area contributed by atoms with Crippen molar-refractivity contribution in [2.45, 2.75) is 52.6 Å². The van der Waals surface area contributed by atoms with Crippen LogP contribution in [-0.4, -0.2) is 53.3 Å². The van der Waals surface area contributed by atoms with Gasteiger partial charge < -0.3 is 19.7 Å². The van der Waals surface area contributed by atoms with Gasteiger partial charge in [0.2, 0.25) is 0 Å². The summed E-state index contributed by atoms with van der Waals surface area (Å²) in [7, 11) is 1.67. The van der Waals surface area contributed by atoms with E-state index in [9.17, 15) is 4.79 Å². The average molecular weight is 526 g/mol. The zero-order chi connectivity index (χ0) is 27.5. The number of carbonyl (C=O) groups excluding carboxylic acids is 1. The van der Waals surface area contributed by atoms with Crippen molar-refractivity contribution < 1.29 is 14.3 Å². The minimum absolute atomic E-state index is 0.0867. The summed E-state index contributed by atoms with van der Waals surface area (Å²) >= 11 is 0. The molecule has 1 saturated heterocycles. The number of ether oxygens (including phenoxy) is 2. The predicted molar refractivity (Wildman–Crippen MR) is 153 cm³/mol. The van der Waals surface area contributed by atoms with Gasteiger partial charge in [-0.15, -0.1) is 0 Å². The monoisotopic (exact) mass is 525 g/mol. The molecule has 0 saturated carbocycles. The Balaban J connectivity index is 1.33. The van der Waals surface area contributed by atoms with Crippen molar-refractivity contribution in [3.05, 3.63) is 83.2 Å². The lowest BCUT2D eigenvalue weighted by Crippen LogP contribution is -2.45. The smallest absolute Gasteiger partial charge is 0.251 e. The maximum atomic E-state index is 12.9. The summed E-state index contributed by atoms with van der Waals surface area (Å²) in [6, 6.07) is 17.6. The third-order valence-electron chi connectivity index (χ3n) is 7.13. The van der Waals surface area contributed by atoms with Crippen LogP contribution in [0.5, 0.6) is 0 Å². The fourth-order valence-electron chi connectivity index (χ4n) is 5.02. The molecular formula is C31H35N5O3. The number of morpholine rings is 1. The molecule has 1 aliphatic heterocycles. The van der Waals surface area contributed by atoms with Gasteiger partial charge in [-0.2, -0.15) is 0 Å². The Kier molecular flexibility index (Phi) is 7.86. The highest BCUT2D eigenvalue weighted by molar-refractivity contribution is 5.94. The SMILES string of the molecule is CO[C@H](C)c1cc(C(=O)NCc2cc3nc(-c4cccc(N5C[C@@H](C)O[C@@H](C)C5)n4)ccc3cn2)ccc1C. The molecular weight excluding hydrogens is 490 g/mol. The largest absolute Gasteiger partial charge is 0.377 e. The molecule has 4 aromatic rings. The first kappa shape index (κ1) is 26.7. The lowest BCUT2D eigenvalue weighted by molar-refractivity contribution is -0.00545. The number of benzene rings is 1. The number of aryl methyl sites for hydroxylation is 1. The second-order valence-corrected chi connectivity index (χ2v) is 10.2.